The zero-order chi connectivity index (χ0) is 19.7. The van der Waals surface area contributed by atoms with Crippen LogP contribution in [0.5, 0.6) is 5.75 Å². The van der Waals surface area contributed by atoms with Crippen molar-refractivity contribution in [1.29, 1.82) is 0 Å². The van der Waals surface area contributed by atoms with Crippen LogP contribution in [0.3, 0.4) is 0 Å². The van der Waals surface area contributed by atoms with Crippen molar-refractivity contribution in [3.63, 3.8) is 0 Å². The van der Waals surface area contributed by atoms with Gasteiger partial charge < -0.3 is 14.8 Å². The number of alkyl carbamates (subject to hydrolysis) is 1. The van der Waals surface area contributed by atoms with E-state index in [0.29, 0.717) is 12.2 Å². The minimum atomic E-state index is -4.45. The van der Waals surface area contributed by atoms with E-state index in [1.165, 1.54) is 12.1 Å². The quantitative estimate of drug-likeness (QED) is 0.692. The minimum absolute atomic E-state index is 0.0502. The summed E-state index contributed by atoms with van der Waals surface area (Å²) in [7, 11) is -1.03. The summed E-state index contributed by atoms with van der Waals surface area (Å²) < 4.78 is 60.1. The highest BCUT2D eigenvalue weighted by Gasteiger charge is 2.30. The molecule has 0 heterocycles. The number of nitrogens with one attached hydrogen (secondary N) is 1. The first-order valence-corrected chi connectivity index (χ1v) is 9.67. The third-order valence-corrected chi connectivity index (χ3v) is 5.23. The normalized spacial score (nSPS) is 15.0. The zero-order valence-corrected chi connectivity index (χ0v) is 15.8. The molecule has 3 unspecified atom stereocenters. The maximum atomic E-state index is 12.7. The van der Waals surface area contributed by atoms with E-state index in [2.05, 4.69) is 5.32 Å². The Kier molecular flexibility index (Phi) is 8.91. The molecule has 0 aliphatic rings. The van der Waals surface area contributed by atoms with E-state index in [-0.39, 0.29) is 24.2 Å². The van der Waals surface area contributed by atoms with Crippen LogP contribution < -0.4 is 10.1 Å². The second-order valence-corrected chi connectivity index (χ2v) is 7.78. The molecule has 3 atom stereocenters. The van der Waals surface area contributed by atoms with Crippen LogP contribution in [0.2, 0.25) is 0 Å². The van der Waals surface area contributed by atoms with E-state index < -0.39 is 34.7 Å². The maximum Gasteiger partial charge on any atom is 0.416 e. The Labute approximate surface area is 153 Å². The van der Waals surface area contributed by atoms with Gasteiger partial charge in [0.1, 0.15) is 18.5 Å². The number of ether oxygens (including phenoxy) is 2. The van der Waals surface area contributed by atoms with Gasteiger partial charge in [-0.05, 0) is 31.5 Å². The van der Waals surface area contributed by atoms with Gasteiger partial charge in [0.05, 0.1) is 5.56 Å². The van der Waals surface area contributed by atoms with Crippen LogP contribution in [0.1, 0.15) is 32.8 Å². The zero-order valence-electron chi connectivity index (χ0n) is 15.0. The summed E-state index contributed by atoms with van der Waals surface area (Å²) in [6.45, 7) is 5.46. The molecule has 1 rings (SSSR count). The van der Waals surface area contributed by atoms with Gasteiger partial charge in [0.15, 0.2) is 0 Å². The highest BCUT2D eigenvalue weighted by molar-refractivity contribution is 7.85. The van der Waals surface area contributed by atoms with Crippen molar-refractivity contribution in [3.8, 4) is 5.75 Å². The van der Waals surface area contributed by atoms with Gasteiger partial charge in [-0.15, -0.1) is 0 Å². The molecule has 0 aromatic heterocycles. The first-order chi connectivity index (χ1) is 12.2. The summed E-state index contributed by atoms with van der Waals surface area (Å²) in [6.07, 6.45) is -5.31. The van der Waals surface area contributed by atoms with Crippen molar-refractivity contribution in [2.24, 2.45) is 0 Å². The Morgan fingerprint density at radius 1 is 1.31 bits per heavy atom. The van der Waals surface area contributed by atoms with Crippen molar-refractivity contribution >= 4 is 16.9 Å². The van der Waals surface area contributed by atoms with E-state index >= 15 is 0 Å². The van der Waals surface area contributed by atoms with Crippen molar-refractivity contribution in [2.75, 3.05) is 18.9 Å². The summed E-state index contributed by atoms with van der Waals surface area (Å²) in [5.41, 5.74) is -0.806. The fourth-order valence-electron chi connectivity index (χ4n) is 1.98. The van der Waals surface area contributed by atoms with Crippen LogP contribution in [0, 0.1) is 0 Å². The highest BCUT2D eigenvalue weighted by Crippen LogP contribution is 2.31. The van der Waals surface area contributed by atoms with E-state index in [1.807, 2.05) is 0 Å². The number of benzene rings is 1. The van der Waals surface area contributed by atoms with Crippen molar-refractivity contribution in [3.05, 3.63) is 29.8 Å². The van der Waals surface area contributed by atoms with Gasteiger partial charge in [-0.3, -0.25) is 4.21 Å². The molecule has 0 fully saturated rings. The van der Waals surface area contributed by atoms with E-state index in [1.54, 1.807) is 20.8 Å². The molecule has 1 amide bonds. The standard InChI is InChI=1S/C17H24F3NO4S/c1-4-14(25-16(22)21-10-12(3)26(23)5-2)11-24-15-8-6-7-13(9-15)17(18,19)20/h6-9,12,14H,4-5,10-11H2,1-3H3,(H,21,22). The van der Waals surface area contributed by atoms with Crippen molar-refractivity contribution in [1.82, 2.24) is 5.32 Å². The van der Waals surface area contributed by atoms with Gasteiger partial charge in [0, 0.05) is 28.3 Å². The van der Waals surface area contributed by atoms with E-state index in [9.17, 15) is 22.2 Å². The molecule has 0 saturated heterocycles. The van der Waals surface area contributed by atoms with Crippen molar-refractivity contribution < 1.29 is 31.6 Å². The predicted octanol–water partition coefficient (Wildman–Crippen LogP) is 3.75. The lowest BCUT2D eigenvalue weighted by atomic mass is 10.2. The van der Waals surface area contributed by atoms with E-state index in [0.717, 1.165) is 12.1 Å². The molecule has 9 heteroatoms. The van der Waals surface area contributed by atoms with Crippen LogP contribution in [0.25, 0.3) is 0 Å². The summed E-state index contributed by atoms with van der Waals surface area (Å²) in [5.74, 6) is 0.551. The van der Waals surface area contributed by atoms with E-state index in [4.69, 9.17) is 9.47 Å². The smallest absolute Gasteiger partial charge is 0.416 e. The molecule has 0 radical (unpaired) electrons. The number of amides is 1. The molecule has 1 aromatic rings. The minimum Gasteiger partial charge on any atom is -0.490 e. The Hall–Kier alpha value is -1.77. The number of carbonyl (C=O) groups is 1. The van der Waals surface area contributed by atoms with Gasteiger partial charge in [-0.1, -0.05) is 19.9 Å². The Morgan fingerprint density at radius 3 is 2.58 bits per heavy atom. The number of rotatable bonds is 9. The average molecular weight is 395 g/mol. The summed E-state index contributed by atoms with van der Waals surface area (Å²) in [5, 5.41) is 2.33. The number of alkyl halides is 3. The number of hydrogen-bond donors (Lipinski definition) is 1. The maximum absolute atomic E-state index is 12.7. The highest BCUT2D eigenvalue weighted by atomic mass is 32.2. The SMILES string of the molecule is CCC(COc1cccc(C(F)(F)F)c1)OC(=O)NCC(C)S(=O)CC. The van der Waals surface area contributed by atoms with Crippen LogP contribution >= 0.6 is 0 Å². The molecular formula is C17H24F3NO4S. The molecule has 0 aliphatic carbocycles. The monoisotopic (exact) mass is 395 g/mol. The van der Waals surface area contributed by atoms with Crippen LogP contribution in [-0.4, -0.2) is 40.6 Å². The molecule has 1 N–H and O–H groups in total. The first kappa shape index (κ1) is 22.3. The Balaban J connectivity index is 2.50. The first-order valence-electron chi connectivity index (χ1n) is 8.29. The molecule has 0 spiro atoms. The molecule has 26 heavy (non-hydrogen) atoms. The van der Waals surface area contributed by atoms with Gasteiger partial charge in [0.25, 0.3) is 0 Å². The lowest BCUT2D eigenvalue weighted by Gasteiger charge is -2.18. The molecule has 1 aromatic carbocycles. The number of carbonyl (C=O) groups excluding carboxylic acids is 1. The molecule has 0 aliphatic heterocycles. The van der Waals surface area contributed by atoms with Crippen LogP contribution in [-0.2, 0) is 21.7 Å². The fraction of sp³-hybridized carbons (Fsp3) is 0.588. The van der Waals surface area contributed by atoms with Crippen LogP contribution in [0.15, 0.2) is 24.3 Å². The van der Waals surface area contributed by atoms with Gasteiger partial charge >= 0.3 is 12.3 Å². The fourth-order valence-corrected chi connectivity index (χ4v) is 2.82. The van der Waals surface area contributed by atoms with Gasteiger partial charge in [-0.2, -0.15) is 13.2 Å². The topological polar surface area (TPSA) is 64.6 Å². The van der Waals surface area contributed by atoms with Crippen molar-refractivity contribution in [2.45, 2.75) is 44.7 Å². The lowest BCUT2D eigenvalue weighted by molar-refractivity contribution is -0.137. The number of hydrogen-bond acceptors (Lipinski definition) is 4. The number of halogens is 3. The second-order valence-electron chi connectivity index (χ2n) is 5.63. The van der Waals surface area contributed by atoms with Crippen LogP contribution in [0.4, 0.5) is 18.0 Å². The van der Waals surface area contributed by atoms with Gasteiger partial charge in [0.2, 0.25) is 0 Å². The Morgan fingerprint density at radius 2 is 2.00 bits per heavy atom. The average Bonchev–Trinajstić information content (AvgIpc) is 2.61. The molecule has 0 saturated carbocycles. The molecule has 5 nitrogen and oxygen atoms in total. The molecule has 0 bridgehead atoms. The molecular weight excluding hydrogens is 371 g/mol. The molecule has 148 valence electrons. The third-order valence-electron chi connectivity index (χ3n) is 3.59. The summed E-state index contributed by atoms with van der Waals surface area (Å²) >= 11 is 0. The summed E-state index contributed by atoms with van der Waals surface area (Å²) in [6, 6.07) is 4.51. The largest absolute Gasteiger partial charge is 0.490 e. The lowest BCUT2D eigenvalue weighted by Crippen LogP contribution is -2.36. The predicted molar refractivity (Wildman–Crippen MR) is 93.6 cm³/mol. The summed E-state index contributed by atoms with van der Waals surface area (Å²) in [4.78, 5) is 11.8. The van der Waals surface area contributed by atoms with Gasteiger partial charge in [-0.25, -0.2) is 4.79 Å². The third kappa shape index (κ3) is 7.63. The Bertz CT molecular complexity index is 610. The second kappa shape index (κ2) is 10.4.